The summed E-state index contributed by atoms with van der Waals surface area (Å²) in [5, 5.41) is 2.90. The Morgan fingerprint density at radius 2 is 1.59 bits per heavy atom. The Morgan fingerprint density at radius 3 is 2.25 bits per heavy atom. The van der Waals surface area contributed by atoms with Crippen LogP contribution in [-0.2, 0) is 10.0 Å². The Balaban J connectivity index is 1.82. The molecule has 0 saturated heterocycles. The number of amides is 1. The Bertz CT molecular complexity index is 1210. The molecule has 1 amide bonds. The molecule has 3 aromatic rings. The molecule has 8 heteroatoms. The lowest BCUT2D eigenvalue weighted by Crippen LogP contribution is -2.27. The van der Waals surface area contributed by atoms with Crippen molar-refractivity contribution in [2.24, 2.45) is 0 Å². The van der Waals surface area contributed by atoms with Crippen LogP contribution in [0.3, 0.4) is 0 Å². The Labute approximate surface area is 188 Å². The van der Waals surface area contributed by atoms with Crippen molar-refractivity contribution in [2.75, 3.05) is 18.9 Å². The summed E-state index contributed by atoms with van der Waals surface area (Å²) in [6, 6.07) is 18.3. The molecule has 0 aliphatic carbocycles. The molecule has 0 aliphatic rings. The van der Waals surface area contributed by atoms with E-state index in [1.165, 1.54) is 6.07 Å². The first-order valence-electron chi connectivity index (χ1n) is 9.96. The molecule has 0 aromatic heterocycles. The van der Waals surface area contributed by atoms with Crippen LogP contribution in [0.4, 0.5) is 5.69 Å². The van der Waals surface area contributed by atoms with Gasteiger partial charge in [0.2, 0.25) is 0 Å². The number of hydrogen-bond donors (Lipinski definition) is 2. The molecule has 1 atom stereocenters. The molecule has 0 saturated carbocycles. The minimum absolute atomic E-state index is 0.0489. The summed E-state index contributed by atoms with van der Waals surface area (Å²) in [5.41, 5.74) is 2.06. The largest absolute Gasteiger partial charge is 0.493 e. The van der Waals surface area contributed by atoms with E-state index in [1.54, 1.807) is 75.7 Å². The van der Waals surface area contributed by atoms with E-state index in [1.807, 2.05) is 13.0 Å². The first-order valence-corrected chi connectivity index (χ1v) is 11.4. The molecule has 7 nitrogen and oxygen atoms in total. The van der Waals surface area contributed by atoms with Crippen LogP contribution in [0, 0.1) is 6.92 Å². The maximum atomic E-state index is 12.9. The summed E-state index contributed by atoms with van der Waals surface area (Å²) < 4.78 is 38.9. The number of carbonyl (C=O) groups excluding carboxylic acids is 1. The van der Waals surface area contributed by atoms with Gasteiger partial charge in [0.15, 0.2) is 11.5 Å². The fourth-order valence-corrected chi connectivity index (χ4v) is 4.56. The van der Waals surface area contributed by atoms with Gasteiger partial charge in [0.05, 0.1) is 25.2 Å². The molecule has 0 heterocycles. The molecule has 2 N–H and O–H groups in total. The van der Waals surface area contributed by atoms with Crippen LogP contribution in [0.1, 0.15) is 34.5 Å². The molecule has 0 aliphatic heterocycles. The molecule has 0 radical (unpaired) electrons. The maximum absolute atomic E-state index is 12.9. The number of aryl methyl sites for hydroxylation is 1. The number of rotatable bonds is 8. The van der Waals surface area contributed by atoms with Crippen molar-refractivity contribution in [3.05, 3.63) is 83.4 Å². The van der Waals surface area contributed by atoms with E-state index >= 15 is 0 Å². The summed E-state index contributed by atoms with van der Waals surface area (Å²) in [5.74, 6) is 0.763. The van der Waals surface area contributed by atoms with Gasteiger partial charge in [-0.05, 0) is 61.4 Å². The highest BCUT2D eigenvalue weighted by molar-refractivity contribution is 7.92. The Morgan fingerprint density at radius 1 is 0.906 bits per heavy atom. The second-order valence-electron chi connectivity index (χ2n) is 7.26. The van der Waals surface area contributed by atoms with Gasteiger partial charge in [0.1, 0.15) is 0 Å². The summed E-state index contributed by atoms with van der Waals surface area (Å²) in [4.78, 5) is 12.9. The van der Waals surface area contributed by atoms with Gasteiger partial charge in [0, 0.05) is 11.3 Å². The normalized spacial score (nSPS) is 12.0. The number of ether oxygens (including phenoxy) is 2. The van der Waals surface area contributed by atoms with Gasteiger partial charge >= 0.3 is 0 Å². The minimum atomic E-state index is -3.86. The predicted octanol–water partition coefficient (Wildman–Crippen LogP) is 4.30. The zero-order valence-corrected chi connectivity index (χ0v) is 19.2. The first kappa shape index (κ1) is 23.1. The summed E-state index contributed by atoms with van der Waals surface area (Å²) in [6.45, 7) is 3.52. The molecule has 3 rings (SSSR count). The average Bonchev–Trinajstić information content (AvgIpc) is 2.78. The molecule has 3 aromatic carbocycles. The van der Waals surface area contributed by atoms with Gasteiger partial charge < -0.3 is 14.8 Å². The van der Waals surface area contributed by atoms with E-state index < -0.39 is 10.0 Å². The Kier molecular flexibility index (Phi) is 7.05. The van der Waals surface area contributed by atoms with E-state index in [-0.39, 0.29) is 22.4 Å². The van der Waals surface area contributed by atoms with Crippen LogP contribution in [-0.4, -0.2) is 28.5 Å². The third-order valence-corrected chi connectivity index (χ3v) is 6.54. The van der Waals surface area contributed by atoms with E-state index in [0.29, 0.717) is 22.7 Å². The number of anilines is 1. The van der Waals surface area contributed by atoms with Crippen LogP contribution in [0.25, 0.3) is 0 Å². The topological polar surface area (TPSA) is 93.7 Å². The fourth-order valence-electron chi connectivity index (χ4n) is 3.23. The number of benzene rings is 3. The van der Waals surface area contributed by atoms with Crippen LogP contribution >= 0.6 is 0 Å². The van der Waals surface area contributed by atoms with Crippen LogP contribution in [0.15, 0.2) is 71.6 Å². The summed E-state index contributed by atoms with van der Waals surface area (Å²) >= 11 is 0. The monoisotopic (exact) mass is 454 g/mol. The van der Waals surface area contributed by atoms with Crippen LogP contribution < -0.4 is 19.5 Å². The second-order valence-corrected chi connectivity index (χ2v) is 8.91. The van der Waals surface area contributed by atoms with Crippen molar-refractivity contribution in [3.63, 3.8) is 0 Å². The third kappa shape index (κ3) is 5.20. The number of sulfonamides is 1. The molecule has 32 heavy (non-hydrogen) atoms. The van der Waals surface area contributed by atoms with Crippen molar-refractivity contribution in [1.29, 1.82) is 0 Å². The van der Waals surface area contributed by atoms with Gasteiger partial charge in [0.25, 0.3) is 15.9 Å². The third-order valence-electron chi connectivity index (χ3n) is 5.02. The van der Waals surface area contributed by atoms with E-state index in [9.17, 15) is 13.2 Å². The van der Waals surface area contributed by atoms with E-state index in [0.717, 1.165) is 5.56 Å². The van der Waals surface area contributed by atoms with Crippen molar-refractivity contribution in [1.82, 2.24) is 5.32 Å². The number of methoxy groups -OCH3 is 2. The zero-order chi connectivity index (χ0) is 23.3. The molecule has 0 spiro atoms. The first-order chi connectivity index (χ1) is 15.2. The van der Waals surface area contributed by atoms with Gasteiger partial charge in [-0.2, -0.15) is 0 Å². The smallest absolute Gasteiger partial charge is 0.262 e. The highest BCUT2D eigenvalue weighted by Crippen LogP contribution is 2.30. The van der Waals surface area contributed by atoms with Gasteiger partial charge in [-0.1, -0.05) is 30.3 Å². The van der Waals surface area contributed by atoms with Crippen molar-refractivity contribution in [3.8, 4) is 11.5 Å². The quantitative estimate of drug-likeness (QED) is 0.529. The fraction of sp³-hybridized carbons (Fsp3) is 0.208. The van der Waals surface area contributed by atoms with Crippen molar-refractivity contribution >= 4 is 21.6 Å². The molecule has 1 unspecified atom stereocenters. The summed E-state index contributed by atoms with van der Waals surface area (Å²) in [6.07, 6.45) is 0. The minimum Gasteiger partial charge on any atom is -0.493 e. The molecular weight excluding hydrogens is 428 g/mol. The van der Waals surface area contributed by atoms with Crippen LogP contribution in [0.2, 0.25) is 0 Å². The van der Waals surface area contributed by atoms with Gasteiger partial charge in [-0.15, -0.1) is 0 Å². The molecule has 168 valence electrons. The van der Waals surface area contributed by atoms with E-state index in [2.05, 4.69) is 10.0 Å². The molecular formula is C24H26N2O5S. The second kappa shape index (κ2) is 9.74. The number of hydrogen-bond acceptors (Lipinski definition) is 5. The number of nitrogens with one attached hydrogen (secondary N) is 2. The number of carbonyl (C=O) groups is 1. The zero-order valence-electron chi connectivity index (χ0n) is 18.4. The lowest BCUT2D eigenvalue weighted by molar-refractivity contribution is 0.0939. The average molecular weight is 455 g/mol. The standard InChI is InChI=1S/C24H26N2O5S/c1-16-10-11-19(15-23(16)32(28,29)26-20-8-6-5-7-9-20)24(27)25-17(2)18-12-13-21(30-3)22(14-18)31-4/h5-15,17,26H,1-4H3,(H,25,27). The lowest BCUT2D eigenvalue weighted by Gasteiger charge is -2.17. The van der Waals surface area contributed by atoms with Gasteiger partial charge in [-0.3, -0.25) is 9.52 Å². The van der Waals surface area contributed by atoms with Crippen molar-refractivity contribution in [2.45, 2.75) is 24.8 Å². The molecule has 0 fully saturated rings. The molecule has 0 bridgehead atoms. The van der Waals surface area contributed by atoms with E-state index in [4.69, 9.17) is 9.47 Å². The lowest BCUT2D eigenvalue weighted by atomic mass is 10.1. The van der Waals surface area contributed by atoms with Crippen LogP contribution in [0.5, 0.6) is 11.5 Å². The van der Waals surface area contributed by atoms with Gasteiger partial charge in [-0.25, -0.2) is 8.42 Å². The highest BCUT2D eigenvalue weighted by atomic mass is 32.2. The Hall–Kier alpha value is -3.52. The SMILES string of the molecule is COc1ccc(C(C)NC(=O)c2ccc(C)c(S(=O)(=O)Nc3ccccc3)c2)cc1OC. The van der Waals surface area contributed by atoms with Crippen molar-refractivity contribution < 1.29 is 22.7 Å². The predicted molar refractivity (Wildman–Crippen MR) is 124 cm³/mol. The number of para-hydroxylation sites is 1. The highest BCUT2D eigenvalue weighted by Gasteiger charge is 2.20. The summed E-state index contributed by atoms with van der Waals surface area (Å²) in [7, 11) is -0.760. The maximum Gasteiger partial charge on any atom is 0.262 e.